The van der Waals surface area contributed by atoms with Gasteiger partial charge in [0.25, 0.3) is 0 Å². The van der Waals surface area contributed by atoms with E-state index in [1.807, 2.05) is 25.4 Å². The first-order chi connectivity index (χ1) is 9.24. The molecule has 0 atom stereocenters. The number of nitrogen functional groups attached to an aromatic ring is 1. The van der Waals surface area contributed by atoms with E-state index in [9.17, 15) is 0 Å². The van der Waals surface area contributed by atoms with E-state index in [1.54, 1.807) is 10.7 Å². The molecule has 0 aliphatic rings. The van der Waals surface area contributed by atoms with Crippen LogP contribution in [0.15, 0.2) is 29.0 Å². The van der Waals surface area contributed by atoms with Gasteiger partial charge in [0.15, 0.2) is 11.0 Å². The van der Waals surface area contributed by atoms with E-state index < -0.39 is 0 Å². The Morgan fingerprint density at radius 2 is 2.11 bits per heavy atom. The number of anilines is 2. The van der Waals surface area contributed by atoms with Crippen molar-refractivity contribution >= 4 is 22.4 Å². The van der Waals surface area contributed by atoms with Gasteiger partial charge in [0.2, 0.25) is 0 Å². The lowest BCUT2D eigenvalue weighted by atomic mass is 10.2. The molecule has 0 fully saturated rings. The highest BCUT2D eigenvalue weighted by Gasteiger charge is 2.09. The fourth-order valence-corrected chi connectivity index (χ4v) is 1.95. The van der Waals surface area contributed by atoms with Gasteiger partial charge in [-0.25, -0.2) is 4.63 Å². The number of benzene rings is 1. The number of nitrogens with one attached hydrogen (secondary N) is 1. The standard InChI is InChI=1S/C12H14N6O/c1-18-7-5-8(15-18)4-6-14-10-3-2-9(13)11-12(10)17-19-16-11/h2-3,5,7,14H,4,6,13H2,1H3. The van der Waals surface area contributed by atoms with Gasteiger partial charge in [-0.2, -0.15) is 5.10 Å². The average molecular weight is 258 g/mol. The number of hydrogen-bond acceptors (Lipinski definition) is 6. The van der Waals surface area contributed by atoms with Crippen LogP contribution in [0.1, 0.15) is 5.69 Å². The maximum atomic E-state index is 5.79. The molecule has 0 aliphatic carbocycles. The fourth-order valence-electron chi connectivity index (χ4n) is 1.95. The van der Waals surface area contributed by atoms with Crippen molar-refractivity contribution in [3.8, 4) is 0 Å². The summed E-state index contributed by atoms with van der Waals surface area (Å²) in [5, 5.41) is 15.3. The zero-order valence-corrected chi connectivity index (χ0v) is 10.5. The van der Waals surface area contributed by atoms with Gasteiger partial charge in [-0.05, 0) is 28.5 Å². The van der Waals surface area contributed by atoms with Gasteiger partial charge in [0, 0.05) is 26.2 Å². The number of aryl methyl sites for hydroxylation is 1. The highest BCUT2D eigenvalue weighted by molar-refractivity contribution is 5.94. The number of rotatable bonds is 4. The molecule has 0 spiro atoms. The SMILES string of the molecule is Cn1ccc(CCNc2ccc(N)c3nonc23)n1. The third kappa shape index (κ3) is 2.22. The summed E-state index contributed by atoms with van der Waals surface area (Å²) in [6.45, 7) is 0.753. The lowest BCUT2D eigenvalue weighted by molar-refractivity contribution is 0.316. The van der Waals surface area contributed by atoms with Crippen molar-refractivity contribution in [1.29, 1.82) is 0 Å². The second kappa shape index (κ2) is 4.60. The second-order valence-electron chi connectivity index (χ2n) is 4.32. The van der Waals surface area contributed by atoms with Crippen LogP contribution in [0.3, 0.4) is 0 Å². The topological polar surface area (TPSA) is 94.8 Å². The number of aromatic nitrogens is 4. The Morgan fingerprint density at radius 1 is 1.26 bits per heavy atom. The van der Waals surface area contributed by atoms with Crippen LogP contribution in [-0.2, 0) is 13.5 Å². The molecular formula is C12H14N6O. The zero-order chi connectivity index (χ0) is 13.2. The van der Waals surface area contributed by atoms with Crippen molar-refractivity contribution in [2.45, 2.75) is 6.42 Å². The Kier molecular flexibility index (Phi) is 2.79. The molecule has 19 heavy (non-hydrogen) atoms. The van der Waals surface area contributed by atoms with Crippen LogP contribution in [0.4, 0.5) is 11.4 Å². The normalized spacial score (nSPS) is 11.0. The van der Waals surface area contributed by atoms with Crippen molar-refractivity contribution in [2.24, 2.45) is 7.05 Å². The summed E-state index contributed by atoms with van der Waals surface area (Å²) in [5.41, 5.74) is 9.49. The summed E-state index contributed by atoms with van der Waals surface area (Å²) in [7, 11) is 1.90. The van der Waals surface area contributed by atoms with Crippen LogP contribution in [0, 0.1) is 0 Å². The monoisotopic (exact) mass is 258 g/mol. The molecule has 0 saturated heterocycles. The highest BCUT2D eigenvalue weighted by Crippen LogP contribution is 2.24. The summed E-state index contributed by atoms with van der Waals surface area (Å²) in [4.78, 5) is 0. The van der Waals surface area contributed by atoms with Crippen LogP contribution in [0.2, 0.25) is 0 Å². The van der Waals surface area contributed by atoms with E-state index in [0.717, 1.165) is 24.3 Å². The molecule has 0 bridgehead atoms. The first-order valence-corrected chi connectivity index (χ1v) is 5.97. The van der Waals surface area contributed by atoms with Crippen molar-refractivity contribution in [3.05, 3.63) is 30.1 Å². The van der Waals surface area contributed by atoms with Gasteiger partial charge in [-0.1, -0.05) is 0 Å². The van der Waals surface area contributed by atoms with E-state index in [2.05, 4.69) is 20.7 Å². The van der Waals surface area contributed by atoms with Crippen molar-refractivity contribution in [1.82, 2.24) is 20.1 Å². The molecule has 0 unspecified atom stereocenters. The molecule has 3 rings (SSSR count). The van der Waals surface area contributed by atoms with Gasteiger partial charge in [-0.15, -0.1) is 0 Å². The molecule has 2 heterocycles. The van der Waals surface area contributed by atoms with E-state index >= 15 is 0 Å². The molecule has 1 aromatic carbocycles. The second-order valence-corrected chi connectivity index (χ2v) is 4.32. The molecule has 0 saturated carbocycles. The van der Waals surface area contributed by atoms with E-state index in [4.69, 9.17) is 10.4 Å². The lowest BCUT2D eigenvalue weighted by Crippen LogP contribution is -2.06. The summed E-state index contributed by atoms with van der Waals surface area (Å²) in [6, 6.07) is 5.66. The molecule has 3 N–H and O–H groups in total. The van der Waals surface area contributed by atoms with Gasteiger partial charge in [0.05, 0.1) is 17.1 Å². The maximum absolute atomic E-state index is 5.79. The van der Waals surface area contributed by atoms with E-state index in [-0.39, 0.29) is 0 Å². The number of nitrogens with two attached hydrogens (primary N) is 1. The Hall–Kier alpha value is -2.57. The van der Waals surface area contributed by atoms with Crippen molar-refractivity contribution in [3.63, 3.8) is 0 Å². The Morgan fingerprint density at radius 3 is 2.89 bits per heavy atom. The predicted octanol–water partition coefficient (Wildman–Crippen LogP) is 1.19. The predicted molar refractivity (Wildman–Crippen MR) is 71.6 cm³/mol. The van der Waals surface area contributed by atoms with Gasteiger partial charge in [-0.3, -0.25) is 4.68 Å². The van der Waals surface area contributed by atoms with Gasteiger partial charge >= 0.3 is 0 Å². The maximum Gasteiger partial charge on any atom is 0.160 e. The van der Waals surface area contributed by atoms with E-state index in [0.29, 0.717) is 16.7 Å². The summed E-state index contributed by atoms with van der Waals surface area (Å²) in [5.74, 6) is 0. The molecule has 7 nitrogen and oxygen atoms in total. The minimum Gasteiger partial charge on any atom is -0.397 e. The van der Waals surface area contributed by atoms with Crippen LogP contribution in [0.5, 0.6) is 0 Å². The van der Waals surface area contributed by atoms with Crippen molar-refractivity contribution < 1.29 is 4.63 Å². The largest absolute Gasteiger partial charge is 0.397 e. The summed E-state index contributed by atoms with van der Waals surface area (Å²) >= 11 is 0. The molecule has 7 heteroatoms. The quantitative estimate of drug-likeness (QED) is 0.683. The molecular weight excluding hydrogens is 244 g/mol. The van der Waals surface area contributed by atoms with E-state index in [1.165, 1.54) is 0 Å². The third-order valence-electron chi connectivity index (χ3n) is 2.91. The Balaban J connectivity index is 1.72. The zero-order valence-electron chi connectivity index (χ0n) is 10.5. The Bertz CT molecular complexity index is 701. The lowest BCUT2D eigenvalue weighted by Gasteiger charge is -2.05. The minimum atomic E-state index is 0.562. The molecule has 0 aliphatic heterocycles. The first kappa shape index (κ1) is 11.5. The molecule has 2 aromatic heterocycles. The minimum absolute atomic E-state index is 0.562. The van der Waals surface area contributed by atoms with Gasteiger partial charge in [0.1, 0.15) is 0 Å². The molecule has 98 valence electrons. The number of hydrogen-bond donors (Lipinski definition) is 2. The Labute approximate surface area is 109 Å². The van der Waals surface area contributed by atoms with Gasteiger partial charge < -0.3 is 11.1 Å². The van der Waals surface area contributed by atoms with Crippen LogP contribution in [0.25, 0.3) is 11.0 Å². The van der Waals surface area contributed by atoms with Crippen LogP contribution < -0.4 is 11.1 Å². The van der Waals surface area contributed by atoms with Crippen molar-refractivity contribution in [2.75, 3.05) is 17.6 Å². The van der Waals surface area contributed by atoms with Crippen LogP contribution >= 0.6 is 0 Å². The van der Waals surface area contributed by atoms with Crippen LogP contribution in [-0.4, -0.2) is 26.6 Å². The molecule has 3 aromatic rings. The summed E-state index contributed by atoms with van der Waals surface area (Å²) < 4.78 is 6.51. The summed E-state index contributed by atoms with van der Waals surface area (Å²) in [6.07, 6.45) is 2.76. The molecule has 0 amide bonds. The average Bonchev–Trinajstić information content (AvgIpc) is 3.02. The first-order valence-electron chi connectivity index (χ1n) is 5.97. The molecule has 0 radical (unpaired) electrons. The fraction of sp³-hybridized carbons (Fsp3) is 0.250. The smallest absolute Gasteiger partial charge is 0.160 e. The third-order valence-corrected chi connectivity index (χ3v) is 2.91. The number of nitrogens with zero attached hydrogens (tertiary/aromatic N) is 4. The number of fused-ring (bicyclic) bond motifs is 1. The highest BCUT2D eigenvalue weighted by atomic mass is 16.6.